The molecule has 0 saturated carbocycles. The Morgan fingerprint density at radius 2 is 2.00 bits per heavy atom. The van der Waals surface area contributed by atoms with Gasteiger partial charge in [0.05, 0.1) is 12.2 Å². The molecule has 0 radical (unpaired) electrons. The number of rotatable bonds is 5. The number of aryl methyl sites for hydroxylation is 2. The van der Waals surface area contributed by atoms with Crippen molar-refractivity contribution in [2.45, 2.75) is 26.8 Å². The molecule has 1 aromatic carbocycles. The second kappa shape index (κ2) is 8.73. The summed E-state index contributed by atoms with van der Waals surface area (Å²) in [6, 6.07) is 11.1. The molecule has 2 N–H and O–H groups in total. The second-order valence-corrected chi connectivity index (χ2v) is 8.45. The number of pyridine rings is 1. The molecule has 0 fully saturated rings. The minimum absolute atomic E-state index is 0.0325. The van der Waals surface area contributed by atoms with Crippen molar-refractivity contribution >= 4 is 34.0 Å². The second-order valence-electron chi connectivity index (χ2n) is 7.37. The summed E-state index contributed by atoms with van der Waals surface area (Å²) in [4.78, 5) is 36.5. The summed E-state index contributed by atoms with van der Waals surface area (Å²) < 4.78 is 0. The zero-order valence-electron chi connectivity index (χ0n) is 16.9. The zero-order chi connectivity index (χ0) is 21.1. The van der Waals surface area contributed by atoms with Gasteiger partial charge in [0.15, 0.2) is 5.13 Å². The van der Waals surface area contributed by atoms with Gasteiger partial charge in [-0.25, -0.2) is 4.98 Å². The molecule has 2 aromatic heterocycles. The largest absolute Gasteiger partial charge is 0.325 e. The Labute approximate surface area is 179 Å². The van der Waals surface area contributed by atoms with Crippen LogP contribution in [0.15, 0.2) is 42.6 Å². The number of nitrogens with zero attached hydrogens (tertiary/aromatic N) is 3. The van der Waals surface area contributed by atoms with Crippen molar-refractivity contribution < 1.29 is 9.59 Å². The van der Waals surface area contributed by atoms with Crippen LogP contribution < -0.4 is 10.6 Å². The fraction of sp³-hybridized carbons (Fsp3) is 0.273. The number of thiazole rings is 1. The molecule has 3 aromatic rings. The van der Waals surface area contributed by atoms with Crippen LogP contribution in [0.25, 0.3) is 0 Å². The van der Waals surface area contributed by atoms with Crippen LogP contribution in [-0.4, -0.2) is 39.8 Å². The van der Waals surface area contributed by atoms with E-state index in [0.29, 0.717) is 23.9 Å². The highest BCUT2D eigenvalue weighted by molar-refractivity contribution is 7.15. The quantitative estimate of drug-likeness (QED) is 0.659. The van der Waals surface area contributed by atoms with Gasteiger partial charge in [-0.15, -0.1) is 11.3 Å². The van der Waals surface area contributed by atoms with Crippen molar-refractivity contribution in [3.05, 3.63) is 70.0 Å². The minimum Gasteiger partial charge on any atom is -0.325 e. The number of anilines is 2. The molecule has 3 heterocycles. The summed E-state index contributed by atoms with van der Waals surface area (Å²) in [5, 5.41) is 6.36. The number of nitrogens with one attached hydrogen (secondary N) is 2. The van der Waals surface area contributed by atoms with E-state index in [4.69, 9.17) is 0 Å². The molecule has 1 aliphatic rings. The molecule has 8 heteroatoms. The lowest BCUT2D eigenvalue weighted by Gasteiger charge is -2.25. The Kier molecular flexibility index (Phi) is 5.87. The lowest BCUT2D eigenvalue weighted by molar-refractivity contribution is -0.117. The molecule has 0 bridgehead atoms. The number of fused-ring (bicyclic) bond motifs is 1. The maximum atomic E-state index is 12.5. The van der Waals surface area contributed by atoms with Gasteiger partial charge in [0.1, 0.15) is 5.69 Å². The molecule has 4 rings (SSSR count). The van der Waals surface area contributed by atoms with Crippen molar-refractivity contribution in [2.24, 2.45) is 0 Å². The van der Waals surface area contributed by atoms with E-state index in [1.54, 1.807) is 24.4 Å². The van der Waals surface area contributed by atoms with Crippen molar-refractivity contribution in [1.29, 1.82) is 0 Å². The van der Waals surface area contributed by atoms with Crippen molar-refractivity contribution in [3.8, 4) is 0 Å². The van der Waals surface area contributed by atoms with Gasteiger partial charge in [-0.2, -0.15) is 0 Å². The highest BCUT2D eigenvalue weighted by Crippen LogP contribution is 2.28. The average molecular weight is 422 g/mol. The normalized spacial score (nSPS) is 13.5. The minimum atomic E-state index is -0.272. The molecule has 0 atom stereocenters. The molecule has 1 aliphatic heterocycles. The Bertz CT molecular complexity index is 1080. The zero-order valence-corrected chi connectivity index (χ0v) is 17.8. The number of aromatic nitrogens is 2. The molecule has 0 unspecified atom stereocenters. The highest BCUT2D eigenvalue weighted by Gasteiger charge is 2.23. The fourth-order valence-corrected chi connectivity index (χ4v) is 4.36. The standard InChI is InChI=1S/C22H23N5O2S/c1-14-6-7-16(11-15(14)2)24-20(28)13-27-10-8-17-19(12-27)30-22(25-17)26-21(29)18-5-3-4-9-23-18/h3-7,9,11H,8,10,12-13H2,1-2H3,(H,24,28)(H,25,26,29). The SMILES string of the molecule is Cc1ccc(NC(=O)CN2CCc3nc(NC(=O)c4ccccn4)sc3C2)cc1C. The third kappa shape index (κ3) is 4.72. The van der Waals surface area contributed by atoms with E-state index in [9.17, 15) is 9.59 Å². The topological polar surface area (TPSA) is 87.2 Å². The Morgan fingerprint density at radius 1 is 1.13 bits per heavy atom. The van der Waals surface area contributed by atoms with E-state index in [1.165, 1.54) is 16.9 Å². The molecule has 0 saturated heterocycles. The van der Waals surface area contributed by atoms with Crippen molar-refractivity contribution in [2.75, 3.05) is 23.7 Å². The molecule has 154 valence electrons. The van der Waals surface area contributed by atoms with Crippen LogP contribution in [0.2, 0.25) is 0 Å². The summed E-state index contributed by atoms with van der Waals surface area (Å²) >= 11 is 1.45. The number of hydrogen-bond acceptors (Lipinski definition) is 6. The molecule has 0 spiro atoms. The van der Waals surface area contributed by atoms with E-state index < -0.39 is 0 Å². The first kappa shape index (κ1) is 20.2. The van der Waals surface area contributed by atoms with Crippen molar-refractivity contribution in [1.82, 2.24) is 14.9 Å². The van der Waals surface area contributed by atoms with E-state index in [2.05, 4.69) is 25.5 Å². The molecule has 2 amide bonds. The number of hydrogen-bond donors (Lipinski definition) is 2. The van der Waals surface area contributed by atoms with Gasteiger partial charge in [-0.05, 0) is 49.2 Å². The van der Waals surface area contributed by atoms with E-state index in [-0.39, 0.29) is 11.8 Å². The Hall–Kier alpha value is -3.10. The predicted octanol–water partition coefficient (Wildman–Crippen LogP) is 3.40. The summed E-state index contributed by atoms with van der Waals surface area (Å²) in [6.45, 7) is 5.80. The maximum Gasteiger partial charge on any atom is 0.276 e. The highest BCUT2D eigenvalue weighted by atomic mass is 32.1. The monoisotopic (exact) mass is 421 g/mol. The van der Waals surface area contributed by atoms with Gasteiger partial charge in [-0.1, -0.05) is 12.1 Å². The number of amides is 2. The van der Waals surface area contributed by atoms with E-state index >= 15 is 0 Å². The van der Waals surface area contributed by atoms with Gasteiger partial charge < -0.3 is 5.32 Å². The predicted molar refractivity (Wildman–Crippen MR) is 118 cm³/mol. The van der Waals surface area contributed by atoms with Crippen LogP contribution in [-0.2, 0) is 17.8 Å². The molecule has 30 heavy (non-hydrogen) atoms. The van der Waals surface area contributed by atoms with Crippen LogP contribution in [0, 0.1) is 13.8 Å². The average Bonchev–Trinajstić information content (AvgIpc) is 3.13. The fourth-order valence-electron chi connectivity index (χ4n) is 3.32. The summed E-state index contributed by atoms with van der Waals surface area (Å²) in [6.07, 6.45) is 2.34. The lowest BCUT2D eigenvalue weighted by Crippen LogP contribution is -2.36. The molecular weight excluding hydrogens is 398 g/mol. The number of carbonyl (C=O) groups is 2. The number of benzene rings is 1. The van der Waals surface area contributed by atoms with Crippen LogP contribution in [0.1, 0.15) is 32.2 Å². The molecule has 7 nitrogen and oxygen atoms in total. The Balaban J connectivity index is 1.35. The van der Waals surface area contributed by atoms with Crippen molar-refractivity contribution in [3.63, 3.8) is 0 Å². The van der Waals surface area contributed by atoms with Gasteiger partial charge in [0.2, 0.25) is 5.91 Å². The van der Waals surface area contributed by atoms with E-state index in [1.807, 2.05) is 32.0 Å². The number of carbonyl (C=O) groups excluding carboxylic acids is 2. The first-order chi connectivity index (χ1) is 14.5. The first-order valence-corrected chi connectivity index (χ1v) is 10.6. The maximum absolute atomic E-state index is 12.5. The van der Waals surface area contributed by atoms with Gasteiger partial charge in [0.25, 0.3) is 5.91 Å². The van der Waals surface area contributed by atoms with Crippen LogP contribution in [0.4, 0.5) is 10.8 Å². The molecule has 0 aliphatic carbocycles. The van der Waals surface area contributed by atoms with Crippen LogP contribution in [0.3, 0.4) is 0 Å². The third-order valence-electron chi connectivity index (χ3n) is 5.09. The van der Waals surface area contributed by atoms with Gasteiger partial charge in [0, 0.05) is 36.3 Å². The third-order valence-corrected chi connectivity index (χ3v) is 6.08. The molecular formula is C22H23N5O2S. The van der Waals surface area contributed by atoms with E-state index in [0.717, 1.165) is 34.8 Å². The Morgan fingerprint density at radius 3 is 2.77 bits per heavy atom. The summed E-state index contributed by atoms with van der Waals surface area (Å²) in [5.74, 6) is -0.304. The first-order valence-electron chi connectivity index (χ1n) is 9.78. The smallest absolute Gasteiger partial charge is 0.276 e. The van der Waals surface area contributed by atoms with Gasteiger partial charge in [-0.3, -0.25) is 24.8 Å². The van der Waals surface area contributed by atoms with Crippen LogP contribution >= 0.6 is 11.3 Å². The summed E-state index contributed by atoms with van der Waals surface area (Å²) in [5.41, 5.74) is 4.52. The van der Waals surface area contributed by atoms with Gasteiger partial charge >= 0.3 is 0 Å². The lowest BCUT2D eigenvalue weighted by atomic mass is 10.1. The summed E-state index contributed by atoms with van der Waals surface area (Å²) in [7, 11) is 0. The van der Waals surface area contributed by atoms with Crippen LogP contribution in [0.5, 0.6) is 0 Å².